The maximum Gasteiger partial charge on any atom is 0.0799 e. The van der Waals surface area contributed by atoms with Crippen LogP contribution in [0, 0.1) is 18.3 Å². The molecule has 0 amide bonds. The first-order chi connectivity index (χ1) is 6.45. The van der Waals surface area contributed by atoms with Crippen LogP contribution in [0.2, 0.25) is 0 Å². The number of rotatable bonds is 3. The van der Waals surface area contributed by atoms with Crippen LogP contribution in [0.25, 0.3) is 0 Å². The first-order valence-corrected chi connectivity index (χ1v) is 4.97. The molecule has 0 fully saturated rings. The highest BCUT2D eigenvalue weighted by Crippen LogP contribution is 2.19. The molecule has 0 radical (unpaired) electrons. The van der Waals surface area contributed by atoms with Gasteiger partial charge in [0.25, 0.3) is 0 Å². The summed E-state index contributed by atoms with van der Waals surface area (Å²) in [6.07, 6.45) is 7.44. The van der Waals surface area contributed by atoms with Crippen LogP contribution in [-0.2, 0) is 12.0 Å². The number of terminal acetylenes is 1. The van der Waals surface area contributed by atoms with Gasteiger partial charge in [-0.15, -0.1) is 6.42 Å². The van der Waals surface area contributed by atoms with Crippen LogP contribution in [0.1, 0.15) is 33.4 Å². The van der Waals surface area contributed by atoms with E-state index in [4.69, 9.17) is 6.42 Å². The molecule has 0 N–H and O–H groups in total. The van der Waals surface area contributed by atoms with Gasteiger partial charge in [-0.25, -0.2) is 0 Å². The Hall–Kier alpha value is -1.23. The fourth-order valence-corrected chi connectivity index (χ4v) is 1.24. The molecule has 0 aliphatic carbocycles. The SMILES string of the molecule is C#CC(C)(C)c1ccn(CC(C)C)n1. The Kier molecular flexibility index (Phi) is 3.00. The summed E-state index contributed by atoms with van der Waals surface area (Å²) < 4.78 is 1.96. The molecule has 0 aliphatic rings. The van der Waals surface area contributed by atoms with Crippen molar-refractivity contribution in [1.82, 2.24) is 9.78 Å². The molecule has 0 aromatic carbocycles. The Morgan fingerprint density at radius 2 is 2.21 bits per heavy atom. The average molecular weight is 190 g/mol. The second kappa shape index (κ2) is 3.88. The van der Waals surface area contributed by atoms with E-state index in [0.29, 0.717) is 5.92 Å². The van der Waals surface area contributed by atoms with Crippen LogP contribution in [0.15, 0.2) is 12.3 Å². The highest BCUT2D eigenvalue weighted by atomic mass is 15.3. The molecule has 0 spiro atoms. The molecule has 0 aliphatic heterocycles. The summed E-state index contributed by atoms with van der Waals surface area (Å²) in [5, 5.41) is 4.47. The lowest BCUT2D eigenvalue weighted by molar-refractivity contribution is 0.473. The second-order valence-corrected chi connectivity index (χ2v) is 4.59. The van der Waals surface area contributed by atoms with Gasteiger partial charge in [0.2, 0.25) is 0 Å². The summed E-state index contributed by atoms with van der Waals surface area (Å²) in [5.74, 6) is 3.36. The van der Waals surface area contributed by atoms with Gasteiger partial charge >= 0.3 is 0 Å². The molecule has 1 aromatic rings. The van der Waals surface area contributed by atoms with Gasteiger partial charge in [0, 0.05) is 12.7 Å². The lowest BCUT2D eigenvalue weighted by Crippen LogP contribution is -2.16. The Balaban J connectivity index is 2.84. The Morgan fingerprint density at radius 1 is 1.57 bits per heavy atom. The van der Waals surface area contributed by atoms with E-state index < -0.39 is 0 Å². The van der Waals surface area contributed by atoms with Gasteiger partial charge in [0.1, 0.15) is 0 Å². The second-order valence-electron chi connectivity index (χ2n) is 4.59. The van der Waals surface area contributed by atoms with Crippen LogP contribution in [0.4, 0.5) is 0 Å². The zero-order valence-corrected chi connectivity index (χ0v) is 9.41. The largest absolute Gasteiger partial charge is 0.272 e. The van der Waals surface area contributed by atoms with E-state index in [1.807, 2.05) is 30.8 Å². The number of nitrogens with zero attached hydrogens (tertiary/aromatic N) is 2. The quantitative estimate of drug-likeness (QED) is 0.669. The molecule has 0 saturated carbocycles. The van der Waals surface area contributed by atoms with Crippen molar-refractivity contribution < 1.29 is 0 Å². The maximum absolute atomic E-state index is 5.45. The van der Waals surface area contributed by atoms with Gasteiger partial charge in [-0.1, -0.05) is 19.8 Å². The van der Waals surface area contributed by atoms with Gasteiger partial charge in [0.05, 0.1) is 11.1 Å². The smallest absolute Gasteiger partial charge is 0.0799 e. The van der Waals surface area contributed by atoms with Crippen molar-refractivity contribution in [2.45, 2.75) is 39.7 Å². The van der Waals surface area contributed by atoms with Crippen molar-refractivity contribution in [3.05, 3.63) is 18.0 Å². The van der Waals surface area contributed by atoms with Gasteiger partial charge in [-0.3, -0.25) is 4.68 Å². The van der Waals surface area contributed by atoms with Gasteiger partial charge in [-0.2, -0.15) is 5.10 Å². The topological polar surface area (TPSA) is 17.8 Å². The maximum atomic E-state index is 5.45. The predicted molar refractivity (Wildman–Crippen MR) is 58.9 cm³/mol. The number of hydrogen-bond donors (Lipinski definition) is 0. The molecule has 1 heterocycles. The highest BCUT2D eigenvalue weighted by Gasteiger charge is 2.20. The van der Waals surface area contributed by atoms with E-state index in [0.717, 1.165) is 12.2 Å². The van der Waals surface area contributed by atoms with Crippen LogP contribution in [0.5, 0.6) is 0 Å². The average Bonchev–Trinajstić information content (AvgIpc) is 2.52. The van der Waals surface area contributed by atoms with Crippen LogP contribution < -0.4 is 0 Å². The van der Waals surface area contributed by atoms with E-state index in [1.54, 1.807) is 0 Å². The van der Waals surface area contributed by atoms with Crippen LogP contribution >= 0.6 is 0 Å². The lowest BCUT2D eigenvalue weighted by atomic mass is 9.91. The molecular formula is C12H18N2. The molecule has 2 heteroatoms. The molecule has 2 nitrogen and oxygen atoms in total. The third-order valence-corrected chi connectivity index (χ3v) is 2.19. The molecule has 1 rings (SSSR count). The molecule has 0 atom stereocenters. The molecule has 14 heavy (non-hydrogen) atoms. The fourth-order valence-electron chi connectivity index (χ4n) is 1.24. The molecular weight excluding hydrogens is 172 g/mol. The Bertz CT molecular complexity index is 339. The summed E-state index contributed by atoms with van der Waals surface area (Å²) in [4.78, 5) is 0. The summed E-state index contributed by atoms with van der Waals surface area (Å²) in [7, 11) is 0. The minimum absolute atomic E-state index is 0.262. The van der Waals surface area contributed by atoms with Crippen molar-refractivity contribution in [3.63, 3.8) is 0 Å². The summed E-state index contributed by atoms with van der Waals surface area (Å²) in [5.41, 5.74) is 0.711. The van der Waals surface area contributed by atoms with Crippen LogP contribution in [0.3, 0.4) is 0 Å². The van der Waals surface area contributed by atoms with Gasteiger partial charge in [0.15, 0.2) is 0 Å². The summed E-state index contributed by atoms with van der Waals surface area (Å²) in [6.45, 7) is 9.31. The van der Waals surface area contributed by atoms with E-state index >= 15 is 0 Å². The first-order valence-electron chi connectivity index (χ1n) is 4.97. The standard InChI is InChI=1S/C12H18N2/c1-6-12(4,5)11-7-8-14(13-11)9-10(2)3/h1,7-8,10H,9H2,2-5H3. The van der Waals surface area contributed by atoms with E-state index in [9.17, 15) is 0 Å². The normalized spacial score (nSPS) is 11.7. The van der Waals surface area contributed by atoms with Crippen molar-refractivity contribution in [1.29, 1.82) is 0 Å². The summed E-state index contributed by atoms with van der Waals surface area (Å²) in [6, 6.07) is 2.00. The number of aromatic nitrogens is 2. The third kappa shape index (κ3) is 2.38. The predicted octanol–water partition coefficient (Wildman–Crippen LogP) is 2.45. The van der Waals surface area contributed by atoms with Crippen molar-refractivity contribution in [3.8, 4) is 12.3 Å². The highest BCUT2D eigenvalue weighted by molar-refractivity contribution is 5.24. The molecule has 1 aromatic heterocycles. The molecule has 0 unspecified atom stereocenters. The molecule has 0 bridgehead atoms. The monoisotopic (exact) mass is 190 g/mol. The fraction of sp³-hybridized carbons (Fsp3) is 0.583. The first kappa shape index (κ1) is 10.8. The zero-order chi connectivity index (χ0) is 10.8. The van der Waals surface area contributed by atoms with Gasteiger partial charge < -0.3 is 0 Å². The Labute approximate surface area is 86.3 Å². The van der Waals surface area contributed by atoms with Crippen LogP contribution in [-0.4, -0.2) is 9.78 Å². The molecule has 76 valence electrons. The molecule has 0 saturated heterocycles. The van der Waals surface area contributed by atoms with Crippen molar-refractivity contribution in [2.24, 2.45) is 5.92 Å². The van der Waals surface area contributed by atoms with E-state index in [-0.39, 0.29) is 5.41 Å². The zero-order valence-electron chi connectivity index (χ0n) is 9.41. The third-order valence-electron chi connectivity index (χ3n) is 2.19. The lowest BCUT2D eigenvalue weighted by Gasteiger charge is -2.13. The Morgan fingerprint density at radius 3 is 2.71 bits per heavy atom. The van der Waals surface area contributed by atoms with E-state index in [1.165, 1.54) is 0 Å². The van der Waals surface area contributed by atoms with Crippen molar-refractivity contribution >= 4 is 0 Å². The van der Waals surface area contributed by atoms with Gasteiger partial charge in [-0.05, 0) is 25.8 Å². The minimum Gasteiger partial charge on any atom is -0.272 e. The van der Waals surface area contributed by atoms with E-state index in [2.05, 4.69) is 24.9 Å². The van der Waals surface area contributed by atoms with Crippen molar-refractivity contribution in [2.75, 3.05) is 0 Å². The number of hydrogen-bond acceptors (Lipinski definition) is 1. The minimum atomic E-state index is -0.262. The summed E-state index contributed by atoms with van der Waals surface area (Å²) >= 11 is 0.